The molecule has 3 heteroatoms. The zero-order chi connectivity index (χ0) is 14.7. The summed E-state index contributed by atoms with van der Waals surface area (Å²) >= 11 is 0. The lowest BCUT2D eigenvalue weighted by molar-refractivity contribution is -0.125. The first-order valence-electron chi connectivity index (χ1n) is 8.03. The van der Waals surface area contributed by atoms with Crippen molar-refractivity contribution in [2.45, 2.75) is 91.1 Å². The van der Waals surface area contributed by atoms with Crippen molar-refractivity contribution in [2.75, 3.05) is 0 Å². The molecule has 0 aliphatic carbocycles. The van der Waals surface area contributed by atoms with Crippen LogP contribution in [0.15, 0.2) is 0 Å². The quantitative estimate of drug-likeness (QED) is 0.563. The molecule has 0 aromatic rings. The number of hydrogen-bond acceptors (Lipinski definition) is 2. The number of unbranched alkanes of at least 4 members (excludes halogenated alkanes) is 3. The van der Waals surface area contributed by atoms with Gasteiger partial charge in [0.05, 0.1) is 0 Å². The van der Waals surface area contributed by atoms with Crippen molar-refractivity contribution in [3.05, 3.63) is 0 Å². The van der Waals surface area contributed by atoms with Gasteiger partial charge in [0.2, 0.25) is 5.91 Å². The van der Waals surface area contributed by atoms with Gasteiger partial charge in [-0.15, -0.1) is 0 Å². The number of carbonyl (C=O) groups excluding carboxylic acids is 1. The predicted molar refractivity (Wildman–Crippen MR) is 83.0 cm³/mol. The SMILES string of the molecule is CCCCCCC(C)NC(=O)C(C)CCCC(C)N. The molecule has 114 valence electrons. The molecule has 3 atom stereocenters. The summed E-state index contributed by atoms with van der Waals surface area (Å²) in [6, 6.07) is 0.549. The maximum absolute atomic E-state index is 12.0. The minimum Gasteiger partial charge on any atom is -0.353 e. The average molecular weight is 270 g/mol. The van der Waals surface area contributed by atoms with Gasteiger partial charge in [-0.2, -0.15) is 0 Å². The first-order chi connectivity index (χ1) is 8.97. The van der Waals surface area contributed by atoms with Gasteiger partial charge in [0.25, 0.3) is 0 Å². The van der Waals surface area contributed by atoms with E-state index in [-0.39, 0.29) is 17.9 Å². The zero-order valence-electron chi connectivity index (χ0n) is 13.4. The van der Waals surface area contributed by atoms with Crippen molar-refractivity contribution in [1.29, 1.82) is 0 Å². The third kappa shape index (κ3) is 11.0. The normalized spacial score (nSPS) is 15.8. The molecule has 0 saturated heterocycles. The van der Waals surface area contributed by atoms with Gasteiger partial charge < -0.3 is 11.1 Å². The molecular formula is C16H34N2O. The standard InChI is InChI=1S/C16H34N2O/c1-5-6-7-8-12-15(4)18-16(19)13(2)10-9-11-14(3)17/h13-15H,5-12,17H2,1-4H3,(H,18,19). The van der Waals surface area contributed by atoms with Crippen LogP contribution in [-0.4, -0.2) is 18.0 Å². The Morgan fingerprint density at radius 1 is 1.00 bits per heavy atom. The van der Waals surface area contributed by atoms with Gasteiger partial charge in [0, 0.05) is 18.0 Å². The van der Waals surface area contributed by atoms with Crippen molar-refractivity contribution >= 4 is 5.91 Å². The van der Waals surface area contributed by atoms with E-state index in [9.17, 15) is 4.79 Å². The lowest BCUT2D eigenvalue weighted by Crippen LogP contribution is -2.36. The number of hydrogen-bond donors (Lipinski definition) is 2. The summed E-state index contributed by atoms with van der Waals surface area (Å²) in [5.74, 6) is 0.310. The highest BCUT2D eigenvalue weighted by Gasteiger charge is 2.14. The van der Waals surface area contributed by atoms with Crippen LogP contribution < -0.4 is 11.1 Å². The minimum absolute atomic E-state index is 0.108. The molecule has 0 aliphatic rings. The first kappa shape index (κ1) is 18.4. The lowest BCUT2D eigenvalue weighted by Gasteiger charge is -2.18. The van der Waals surface area contributed by atoms with Gasteiger partial charge in [-0.05, 0) is 33.1 Å². The van der Waals surface area contributed by atoms with E-state index in [4.69, 9.17) is 5.73 Å². The molecule has 0 saturated carbocycles. The van der Waals surface area contributed by atoms with Crippen LogP contribution in [0.2, 0.25) is 0 Å². The van der Waals surface area contributed by atoms with E-state index in [0.29, 0.717) is 6.04 Å². The van der Waals surface area contributed by atoms with Gasteiger partial charge >= 0.3 is 0 Å². The van der Waals surface area contributed by atoms with E-state index in [1.54, 1.807) is 0 Å². The molecule has 0 aromatic carbocycles. The first-order valence-corrected chi connectivity index (χ1v) is 8.03. The zero-order valence-corrected chi connectivity index (χ0v) is 13.4. The van der Waals surface area contributed by atoms with E-state index >= 15 is 0 Å². The topological polar surface area (TPSA) is 55.1 Å². The van der Waals surface area contributed by atoms with E-state index in [0.717, 1.165) is 25.7 Å². The fraction of sp³-hybridized carbons (Fsp3) is 0.938. The van der Waals surface area contributed by atoms with Gasteiger partial charge in [-0.1, -0.05) is 46.0 Å². The van der Waals surface area contributed by atoms with E-state index < -0.39 is 0 Å². The molecule has 3 N–H and O–H groups in total. The molecular weight excluding hydrogens is 236 g/mol. The largest absolute Gasteiger partial charge is 0.353 e. The molecule has 19 heavy (non-hydrogen) atoms. The van der Waals surface area contributed by atoms with Crippen molar-refractivity contribution < 1.29 is 4.79 Å². The summed E-state index contributed by atoms with van der Waals surface area (Å²) in [4.78, 5) is 12.0. The monoisotopic (exact) mass is 270 g/mol. The smallest absolute Gasteiger partial charge is 0.223 e. The van der Waals surface area contributed by atoms with E-state index in [1.165, 1.54) is 25.7 Å². The van der Waals surface area contributed by atoms with E-state index in [1.807, 2.05) is 13.8 Å². The maximum Gasteiger partial charge on any atom is 0.223 e. The van der Waals surface area contributed by atoms with Crippen LogP contribution in [-0.2, 0) is 4.79 Å². The number of amides is 1. The van der Waals surface area contributed by atoms with Crippen LogP contribution in [0, 0.1) is 5.92 Å². The fourth-order valence-corrected chi connectivity index (χ4v) is 2.21. The molecule has 0 fully saturated rings. The summed E-state index contributed by atoms with van der Waals surface area (Å²) in [5, 5.41) is 3.12. The Morgan fingerprint density at radius 2 is 1.68 bits per heavy atom. The van der Waals surface area contributed by atoms with Crippen LogP contribution in [0.5, 0.6) is 0 Å². The Balaban J connectivity index is 3.69. The Kier molecular flexibility index (Phi) is 10.9. The predicted octanol–water partition coefficient (Wildman–Crippen LogP) is 3.62. The summed E-state index contributed by atoms with van der Waals surface area (Å²) in [6.45, 7) is 8.36. The van der Waals surface area contributed by atoms with Crippen LogP contribution in [0.4, 0.5) is 0 Å². The number of nitrogens with one attached hydrogen (secondary N) is 1. The third-order valence-electron chi connectivity index (χ3n) is 3.62. The number of nitrogens with two attached hydrogens (primary N) is 1. The van der Waals surface area contributed by atoms with Gasteiger partial charge in [-0.25, -0.2) is 0 Å². The second-order valence-corrected chi connectivity index (χ2v) is 6.07. The summed E-state index contributed by atoms with van der Waals surface area (Å²) < 4.78 is 0. The van der Waals surface area contributed by atoms with Crippen molar-refractivity contribution in [3.63, 3.8) is 0 Å². The van der Waals surface area contributed by atoms with Crippen LogP contribution in [0.25, 0.3) is 0 Å². The van der Waals surface area contributed by atoms with Crippen LogP contribution >= 0.6 is 0 Å². The number of carbonyl (C=O) groups is 1. The van der Waals surface area contributed by atoms with Crippen LogP contribution in [0.3, 0.4) is 0 Å². The van der Waals surface area contributed by atoms with Crippen LogP contribution in [0.1, 0.15) is 79.1 Å². The van der Waals surface area contributed by atoms with Crippen molar-refractivity contribution in [1.82, 2.24) is 5.32 Å². The Morgan fingerprint density at radius 3 is 2.26 bits per heavy atom. The molecule has 3 unspecified atom stereocenters. The second-order valence-electron chi connectivity index (χ2n) is 6.07. The summed E-state index contributed by atoms with van der Waals surface area (Å²) in [6.07, 6.45) is 9.14. The molecule has 0 aliphatic heterocycles. The number of rotatable bonds is 11. The molecule has 0 aromatic heterocycles. The fourth-order valence-electron chi connectivity index (χ4n) is 2.21. The Bertz CT molecular complexity index is 229. The average Bonchev–Trinajstić information content (AvgIpc) is 2.34. The third-order valence-corrected chi connectivity index (χ3v) is 3.62. The van der Waals surface area contributed by atoms with Gasteiger partial charge in [-0.3, -0.25) is 4.79 Å². The molecule has 0 radical (unpaired) electrons. The lowest BCUT2D eigenvalue weighted by atomic mass is 10.0. The highest BCUT2D eigenvalue weighted by Crippen LogP contribution is 2.11. The Labute approximate surface area is 119 Å². The summed E-state index contributed by atoms with van der Waals surface area (Å²) in [7, 11) is 0. The summed E-state index contributed by atoms with van der Waals surface area (Å²) in [5.41, 5.74) is 5.71. The van der Waals surface area contributed by atoms with Gasteiger partial charge in [0.15, 0.2) is 0 Å². The molecule has 3 nitrogen and oxygen atoms in total. The maximum atomic E-state index is 12.0. The molecule has 0 rings (SSSR count). The molecule has 1 amide bonds. The molecule has 0 bridgehead atoms. The van der Waals surface area contributed by atoms with Crippen molar-refractivity contribution in [2.24, 2.45) is 11.7 Å². The van der Waals surface area contributed by atoms with Gasteiger partial charge in [0.1, 0.15) is 0 Å². The molecule has 0 heterocycles. The Hall–Kier alpha value is -0.570. The molecule has 0 spiro atoms. The van der Waals surface area contributed by atoms with E-state index in [2.05, 4.69) is 19.2 Å². The highest BCUT2D eigenvalue weighted by atomic mass is 16.1. The van der Waals surface area contributed by atoms with Crippen molar-refractivity contribution in [3.8, 4) is 0 Å². The minimum atomic E-state index is 0.108. The second kappa shape index (κ2) is 11.3. The highest BCUT2D eigenvalue weighted by molar-refractivity contribution is 5.78.